The van der Waals surface area contributed by atoms with Crippen LogP contribution < -0.4 is 5.73 Å². The molecule has 1 aromatic rings. The highest BCUT2D eigenvalue weighted by Crippen LogP contribution is 2.45. The third kappa shape index (κ3) is 2.81. The first kappa shape index (κ1) is 17.2. The Labute approximate surface area is 152 Å². The molecule has 2 aliphatic heterocycles. The van der Waals surface area contributed by atoms with Gasteiger partial charge in [0.2, 0.25) is 11.8 Å². The van der Waals surface area contributed by atoms with Gasteiger partial charge in [-0.3, -0.25) is 24.1 Å². The average Bonchev–Trinajstić information content (AvgIpc) is 3.12. The van der Waals surface area contributed by atoms with Crippen molar-refractivity contribution in [2.45, 2.75) is 50.3 Å². The summed E-state index contributed by atoms with van der Waals surface area (Å²) in [6, 6.07) is 8.86. The number of imide groups is 1. The van der Waals surface area contributed by atoms with Crippen LogP contribution in [0.1, 0.15) is 43.7 Å². The zero-order chi connectivity index (χ0) is 18.3. The summed E-state index contributed by atoms with van der Waals surface area (Å²) in [5.41, 5.74) is 6.18. The lowest BCUT2D eigenvalue weighted by Crippen LogP contribution is -2.45. The number of hydroxylamine groups is 2. The molecule has 7 heteroatoms. The lowest BCUT2D eigenvalue weighted by Gasteiger charge is -2.32. The van der Waals surface area contributed by atoms with Crippen LogP contribution in [0.4, 0.5) is 0 Å². The van der Waals surface area contributed by atoms with Crippen molar-refractivity contribution in [3.8, 4) is 0 Å². The van der Waals surface area contributed by atoms with Crippen molar-refractivity contribution in [1.29, 1.82) is 0 Å². The molecule has 26 heavy (non-hydrogen) atoms. The zero-order valence-corrected chi connectivity index (χ0v) is 14.5. The van der Waals surface area contributed by atoms with E-state index in [-0.39, 0.29) is 24.4 Å². The Kier molecular flexibility index (Phi) is 4.50. The summed E-state index contributed by atoms with van der Waals surface area (Å²) in [5, 5.41) is 1.40. The van der Waals surface area contributed by atoms with Gasteiger partial charge in [0.25, 0.3) is 5.91 Å². The minimum Gasteiger partial charge on any atom is -0.368 e. The number of amides is 3. The van der Waals surface area contributed by atoms with Crippen LogP contribution in [-0.2, 0) is 19.2 Å². The van der Waals surface area contributed by atoms with Gasteiger partial charge in [-0.25, -0.2) is 0 Å². The molecule has 0 aromatic heterocycles. The lowest BCUT2D eigenvalue weighted by atomic mass is 9.90. The van der Waals surface area contributed by atoms with Crippen LogP contribution in [0.25, 0.3) is 0 Å². The molecule has 2 heterocycles. The summed E-state index contributed by atoms with van der Waals surface area (Å²) in [5.74, 6) is -1.66. The molecule has 0 bridgehead atoms. The minimum absolute atomic E-state index is 0.0287. The van der Waals surface area contributed by atoms with Gasteiger partial charge in [-0.05, 0) is 18.4 Å². The molecule has 2 N–H and O–H groups in total. The van der Waals surface area contributed by atoms with E-state index in [9.17, 15) is 14.4 Å². The van der Waals surface area contributed by atoms with Crippen LogP contribution in [0.2, 0.25) is 0 Å². The topological polar surface area (TPSA) is 92.9 Å². The first-order chi connectivity index (χ1) is 12.6. The van der Waals surface area contributed by atoms with Gasteiger partial charge in [-0.2, -0.15) is 5.06 Å². The molecular formula is C19H23N3O4. The van der Waals surface area contributed by atoms with E-state index in [0.717, 1.165) is 37.7 Å². The number of likely N-dealkylation sites (tertiary alicyclic amines) is 1. The molecule has 3 fully saturated rings. The Balaban J connectivity index is 1.66. The quantitative estimate of drug-likeness (QED) is 0.816. The maximum absolute atomic E-state index is 13.2. The van der Waals surface area contributed by atoms with Gasteiger partial charge in [0, 0.05) is 6.04 Å². The molecular weight excluding hydrogens is 334 g/mol. The number of rotatable bonds is 4. The minimum atomic E-state index is -0.867. The number of nitrogens with two attached hydrogens (primary N) is 1. The van der Waals surface area contributed by atoms with Gasteiger partial charge in [-0.15, -0.1) is 0 Å². The standard InChI is InChI=1S/C19H23N3O4/c20-14(23)11-21-16(12-7-3-1-4-8-12)15-17(26-21)19(25)22(18(15)24)13-9-5-2-6-10-13/h1,3-4,7-8,13,15-17H,2,5-6,9-11H2,(H2,20,23). The first-order valence-corrected chi connectivity index (χ1v) is 9.21. The van der Waals surface area contributed by atoms with Crippen LogP contribution in [0, 0.1) is 5.92 Å². The monoisotopic (exact) mass is 357 g/mol. The smallest absolute Gasteiger partial charge is 0.261 e. The Morgan fingerprint density at radius 3 is 2.42 bits per heavy atom. The van der Waals surface area contributed by atoms with Crippen molar-refractivity contribution in [2.24, 2.45) is 11.7 Å². The summed E-state index contributed by atoms with van der Waals surface area (Å²) < 4.78 is 0. The van der Waals surface area contributed by atoms with Crippen LogP contribution in [0.5, 0.6) is 0 Å². The van der Waals surface area contributed by atoms with Gasteiger partial charge >= 0.3 is 0 Å². The second-order valence-corrected chi connectivity index (χ2v) is 7.29. The van der Waals surface area contributed by atoms with E-state index < -0.39 is 24.0 Å². The number of primary amides is 1. The van der Waals surface area contributed by atoms with E-state index in [1.165, 1.54) is 9.96 Å². The highest BCUT2D eigenvalue weighted by atomic mass is 16.7. The molecule has 0 spiro atoms. The van der Waals surface area contributed by atoms with E-state index >= 15 is 0 Å². The molecule has 1 aromatic carbocycles. The molecule has 0 radical (unpaired) electrons. The van der Waals surface area contributed by atoms with Crippen molar-refractivity contribution >= 4 is 17.7 Å². The number of carbonyl (C=O) groups is 3. The van der Waals surface area contributed by atoms with E-state index in [2.05, 4.69) is 0 Å². The average molecular weight is 357 g/mol. The number of hydrogen-bond donors (Lipinski definition) is 1. The molecule has 2 saturated heterocycles. The zero-order valence-electron chi connectivity index (χ0n) is 14.5. The number of hydrogen-bond acceptors (Lipinski definition) is 5. The van der Waals surface area contributed by atoms with Crippen LogP contribution in [0.15, 0.2) is 30.3 Å². The maximum Gasteiger partial charge on any atom is 0.261 e. The Morgan fingerprint density at radius 2 is 1.77 bits per heavy atom. The van der Waals surface area contributed by atoms with E-state index in [0.29, 0.717) is 0 Å². The number of benzene rings is 1. The molecule has 4 rings (SSSR count). The summed E-state index contributed by atoms with van der Waals surface area (Å²) in [6.07, 6.45) is 4.07. The maximum atomic E-state index is 13.2. The molecule has 7 nitrogen and oxygen atoms in total. The molecule has 138 valence electrons. The summed E-state index contributed by atoms with van der Waals surface area (Å²) in [4.78, 5) is 44.8. The highest BCUT2D eigenvalue weighted by Gasteiger charge is 2.60. The Hall–Kier alpha value is -2.25. The SMILES string of the molecule is NC(=O)CN1OC2C(=O)N(C3CCCCC3)C(=O)C2C1c1ccccc1. The molecule has 1 saturated carbocycles. The van der Waals surface area contributed by atoms with Gasteiger partial charge in [0.15, 0.2) is 6.10 Å². The molecule has 3 amide bonds. The highest BCUT2D eigenvalue weighted by molar-refractivity contribution is 6.07. The fourth-order valence-corrected chi connectivity index (χ4v) is 4.50. The van der Waals surface area contributed by atoms with Crippen molar-refractivity contribution in [3.63, 3.8) is 0 Å². The number of fused-ring (bicyclic) bond motifs is 1. The second-order valence-electron chi connectivity index (χ2n) is 7.29. The van der Waals surface area contributed by atoms with Crippen molar-refractivity contribution < 1.29 is 19.2 Å². The van der Waals surface area contributed by atoms with E-state index in [4.69, 9.17) is 10.6 Å². The summed E-state index contributed by atoms with van der Waals surface area (Å²) in [7, 11) is 0. The van der Waals surface area contributed by atoms with Crippen LogP contribution in [0.3, 0.4) is 0 Å². The van der Waals surface area contributed by atoms with E-state index in [1.807, 2.05) is 30.3 Å². The van der Waals surface area contributed by atoms with Gasteiger partial charge in [0.1, 0.15) is 6.54 Å². The largest absolute Gasteiger partial charge is 0.368 e. The van der Waals surface area contributed by atoms with Crippen molar-refractivity contribution in [3.05, 3.63) is 35.9 Å². The first-order valence-electron chi connectivity index (χ1n) is 9.21. The van der Waals surface area contributed by atoms with Crippen molar-refractivity contribution in [2.75, 3.05) is 6.54 Å². The van der Waals surface area contributed by atoms with Gasteiger partial charge in [-0.1, -0.05) is 49.6 Å². The molecule has 3 atom stereocenters. The predicted molar refractivity (Wildman–Crippen MR) is 92.2 cm³/mol. The van der Waals surface area contributed by atoms with Crippen LogP contribution >= 0.6 is 0 Å². The van der Waals surface area contributed by atoms with Crippen molar-refractivity contribution in [1.82, 2.24) is 9.96 Å². The third-order valence-electron chi connectivity index (χ3n) is 5.62. The number of carbonyl (C=O) groups excluding carboxylic acids is 3. The predicted octanol–water partition coefficient (Wildman–Crippen LogP) is 1.15. The van der Waals surface area contributed by atoms with E-state index in [1.54, 1.807) is 0 Å². The molecule has 3 aliphatic rings. The summed E-state index contributed by atoms with van der Waals surface area (Å²) in [6.45, 7) is -0.156. The third-order valence-corrected chi connectivity index (χ3v) is 5.62. The van der Waals surface area contributed by atoms with Gasteiger partial charge in [0.05, 0.1) is 12.0 Å². The fourth-order valence-electron chi connectivity index (χ4n) is 4.50. The van der Waals surface area contributed by atoms with Gasteiger partial charge < -0.3 is 5.73 Å². The Morgan fingerprint density at radius 1 is 1.08 bits per heavy atom. The molecule has 1 aliphatic carbocycles. The van der Waals surface area contributed by atoms with Crippen LogP contribution in [-0.4, -0.2) is 46.4 Å². The lowest BCUT2D eigenvalue weighted by molar-refractivity contribution is -0.183. The fraction of sp³-hybridized carbons (Fsp3) is 0.526. The molecule has 3 unspecified atom stereocenters. The normalized spacial score (nSPS) is 30.0. The second kappa shape index (κ2) is 6.81. The number of nitrogens with zero attached hydrogens (tertiary/aromatic N) is 2. The summed E-state index contributed by atoms with van der Waals surface area (Å²) >= 11 is 0. The Bertz CT molecular complexity index is 717.